The Kier molecular flexibility index (Phi) is 6.22. The number of amides is 1. The number of hydrogen-bond donors (Lipinski definition) is 2. The second kappa shape index (κ2) is 9.00. The van der Waals surface area contributed by atoms with Crippen LogP contribution in [0, 0.1) is 6.57 Å². The maximum atomic E-state index is 13.0. The molecule has 2 N–H and O–H groups in total. The molecule has 3 aromatic rings. The van der Waals surface area contributed by atoms with Crippen LogP contribution < -0.4 is 5.32 Å². The number of benzene rings is 3. The molecule has 0 fully saturated rings. The minimum atomic E-state index is -1.07. The van der Waals surface area contributed by atoms with Gasteiger partial charge in [0.25, 0.3) is 0 Å². The van der Waals surface area contributed by atoms with Crippen LogP contribution in [0.5, 0.6) is 0 Å². The Balaban J connectivity index is 1.85. The predicted molar refractivity (Wildman–Crippen MR) is 111 cm³/mol. The second-order valence-electron chi connectivity index (χ2n) is 6.62. The number of rotatable bonds is 7. The highest BCUT2D eigenvalue weighted by Crippen LogP contribution is 2.29. The first kappa shape index (κ1) is 20.1. The number of carbonyl (C=O) groups is 2. The van der Waals surface area contributed by atoms with Crippen LogP contribution in [0.25, 0.3) is 15.6 Å². The average molecular weight is 388 g/mol. The number of nitrogens with one attached hydrogen (secondary N) is 1. The van der Waals surface area contributed by atoms with Crippen LogP contribution in [-0.4, -0.2) is 23.6 Å². The number of carboxylic acids is 1. The average Bonchev–Trinajstić information content (AvgIpc) is 2.73. The number of anilines is 1. The lowest BCUT2D eigenvalue weighted by Crippen LogP contribution is -2.20. The van der Waals surface area contributed by atoms with Crippen LogP contribution in [0.15, 0.2) is 60.7 Å². The van der Waals surface area contributed by atoms with E-state index in [1.165, 1.54) is 0 Å². The highest BCUT2D eigenvalue weighted by Gasteiger charge is 2.19. The van der Waals surface area contributed by atoms with Crippen molar-refractivity contribution in [3.63, 3.8) is 0 Å². The van der Waals surface area contributed by atoms with Gasteiger partial charge < -0.3 is 15.2 Å². The number of hydrogen-bond acceptors (Lipinski definition) is 3. The predicted octanol–water partition coefficient (Wildman–Crippen LogP) is 4.73. The van der Waals surface area contributed by atoms with Gasteiger partial charge in [-0.15, -0.1) is 0 Å². The van der Waals surface area contributed by atoms with Gasteiger partial charge in [0, 0.05) is 5.69 Å². The lowest BCUT2D eigenvalue weighted by Gasteiger charge is -2.17. The van der Waals surface area contributed by atoms with Crippen LogP contribution in [0.2, 0.25) is 0 Å². The van der Waals surface area contributed by atoms with Gasteiger partial charge in [0.15, 0.2) is 5.69 Å². The molecule has 1 amide bonds. The van der Waals surface area contributed by atoms with Crippen molar-refractivity contribution in [1.29, 1.82) is 0 Å². The summed E-state index contributed by atoms with van der Waals surface area (Å²) in [5, 5.41) is 13.7. The largest absolute Gasteiger partial charge is 0.480 e. The number of carbonyl (C=O) groups excluding carboxylic acids is 1. The third-order valence-electron chi connectivity index (χ3n) is 4.65. The summed E-state index contributed by atoms with van der Waals surface area (Å²) < 4.78 is 5.15. The zero-order valence-corrected chi connectivity index (χ0v) is 15.9. The Morgan fingerprint density at radius 1 is 1.14 bits per heavy atom. The topological polar surface area (TPSA) is 80.0 Å². The SMILES string of the molecule is [C-]#[N+]c1ccc(COCC(=O)O)c(NC(=O)C(C)c2cccc3ccccc23)c1. The molecule has 0 saturated carbocycles. The first-order valence-electron chi connectivity index (χ1n) is 9.08. The van der Waals surface area contributed by atoms with Gasteiger partial charge in [-0.1, -0.05) is 54.6 Å². The van der Waals surface area contributed by atoms with Crippen molar-refractivity contribution in [2.45, 2.75) is 19.4 Å². The van der Waals surface area contributed by atoms with E-state index < -0.39 is 18.5 Å². The number of nitrogens with zero attached hydrogens (tertiary/aromatic N) is 1. The van der Waals surface area contributed by atoms with Gasteiger partial charge in [0.05, 0.1) is 19.1 Å². The van der Waals surface area contributed by atoms with Crippen molar-refractivity contribution < 1.29 is 19.4 Å². The summed E-state index contributed by atoms with van der Waals surface area (Å²) in [7, 11) is 0. The molecule has 1 atom stereocenters. The van der Waals surface area contributed by atoms with Gasteiger partial charge in [0.1, 0.15) is 6.61 Å². The van der Waals surface area contributed by atoms with Gasteiger partial charge in [0.2, 0.25) is 5.91 Å². The summed E-state index contributed by atoms with van der Waals surface area (Å²) in [6.45, 7) is 8.61. The van der Waals surface area contributed by atoms with Crippen molar-refractivity contribution in [2.75, 3.05) is 11.9 Å². The molecule has 0 radical (unpaired) electrons. The fraction of sp³-hybridized carbons (Fsp3) is 0.174. The minimum Gasteiger partial charge on any atom is -0.480 e. The van der Waals surface area contributed by atoms with E-state index in [9.17, 15) is 9.59 Å². The molecule has 0 aromatic heterocycles. The van der Waals surface area contributed by atoms with Gasteiger partial charge in [-0.05, 0) is 34.9 Å². The van der Waals surface area contributed by atoms with Gasteiger partial charge in [-0.2, -0.15) is 0 Å². The van der Waals surface area contributed by atoms with Crippen molar-refractivity contribution in [1.82, 2.24) is 0 Å². The Hall–Kier alpha value is -3.69. The molecular formula is C23H20N2O4. The first-order valence-corrected chi connectivity index (χ1v) is 9.08. The fourth-order valence-corrected chi connectivity index (χ4v) is 3.13. The maximum absolute atomic E-state index is 13.0. The highest BCUT2D eigenvalue weighted by molar-refractivity contribution is 6.00. The zero-order chi connectivity index (χ0) is 20.8. The van der Waals surface area contributed by atoms with Crippen molar-refractivity contribution >= 4 is 34.0 Å². The molecule has 146 valence electrons. The first-order chi connectivity index (χ1) is 14.0. The van der Waals surface area contributed by atoms with Gasteiger partial charge in [-0.25, -0.2) is 9.64 Å². The van der Waals surface area contributed by atoms with E-state index in [4.69, 9.17) is 16.4 Å². The Morgan fingerprint density at radius 2 is 1.90 bits per heavy atom. The van der Waals surface area contributed by atoms with Crippen LogP contribution in [0.4, 0.5) is 11.4 Å². The monoisotopic (exact) mass is 388 g/mol. The number of aliphatic carboxylic acids is 1. The number of fused-ring (bicyclic) bond motifs is 1. The molecule has 6 nitrogen and oxygen atoms in total. The Labute approximate surface area is 168 Å². The van der Waals surface area contributed by atoms with Crippen LogP contribution in [0.3, 0.4) is 0 Å². The van der Waals surface area contributed by atoms with Gasteiger partial charge >= 0.3 is 5.97 Å². The van der Waals surface area contributed by atoms with Crippen LogP contribution in [0.1, 0.15) is 24.0 Å². The Morgan fingerprint density at radius 3 is 2.66 bits per heavy atom. The molecule has 3 aromatic carbocycles. The Bertz CT molecular complexity index is 1100. The standard InChI is InChI=1S/C23H20N2O4/c1-15(19-9-5-7-16-6-3-4-8-20(16)19)23(28)25-21-12-18(24-2)11-10-17(21)13-29-14-22(26)27/h3-12,15H,13-14H2,1H3,(H,25,28)(H,26,27). The summed E-state index contributed by atoms with van der Waals surface area (Å²) in [6.07, 6.45) is 0. The molecule has 0 aliphatic rings. The molecule has 0 heterocycles. The van der Waals surface area contributed by atoms with Crippen LogP contribution >= 0.6 is 0 Å². The molecule has 6 heteroatoms. The minimum absolute atomic E-state index is 0.0167. The van der Waals surface area contributed by atoms with E-state index in [1.54, 1.807) is 18.2 Å². The van der Waals surface area contributed by atoms with Gasteiger partial charge in [-0.3, -0.25) is 4.79 Å². The summed E-state index contributed by atoms with van der Waals surface area (Å²) in [5.41, 5.74) is 2.34. The van der Waals surface area contributed by atoms with Crippen molar-refractivity contribution in [3.05, 3.63) is 83.2 Å². The lowest BCUT2D eigenvalue weighted by molar-refractivity contribution is -0.142. The summed E-state index contributed by atoms with van der Waals surface area (Å²) in [4.78, 5) is 27.0. The van der Waals surface area contributed by atoms with E-state index in [1.807, 2.05) is 49.4 Å². The maximum Gasteiger partial charge on any atom is 0.329 e. The lowest BCUT2D eigenvalue weighted by atomic mass is 9.94. The molecule has 29 heavy (non-hydrogen) atoms. The fourth-order valence-electron chi connectivity index (χ4n) is 3.13. The second-order valence-corrected chi connectivity index (χ2v) is 6.62. The molecule has 3 rings (SSSR count). The zero-order valence-electron chi connectivity index (χ0n) is 15.9. The summed E-state index contributed by atoms with van der Waals surface area (Å²) >= 11 is 0. The summed E-state index contributed by atoms with van der Waals surface area (Å²) in [6, 6.07) is 18.6. The normalized spacial score (nSPS) is 11.6. The van der Waals surface area contributed by atoms with E-state index >= 15 is 0 Å². The molecule has 0 bridgehead atoms. The van der Waals surface area contributed by atoms with Crippen molar-refractivity contribution in [3.8, 4) is 0 Å². The molecule has 1 unspecified atom stereocenters. The van der Waals surface area contributed by atoms with E-state index in [-0.39, 0.29) is 12.5 Å². The molecule has 0 spiro atoms. The quantitative estimate of drug-likeness (QED) is 0.573. The number of ether oxygens (including phenoxy) is 1. The number of carboxylic acid groups (broad SMARTS) is 1. The van der Waals surface area contributed by atoms with E-state index in [0.29, 0.717) is 16.9 Å². The van der Waals surface area contributed by atoms with E-state index in [2.05, 4.69) is 10.2 Å². The molecule has 0 aliphatic carbocycles. The molecular weight excluding hydrogens is 368 g/mol. The highest BCUT2D eigenvalue weighted by atomic mass is 16.5. The van der Waals surface area contributed by atoms with E-state index in [0.717, 1.165) is 16.3 Å². The van der Waals surface area contributed by atoms with Crippen LogP contribution in [-0.2, 0) is 20.9 Å². The summed E-state index contributed by atoms with van der Waals surface area (Å²) in [5.74, 6) is -1.72. The smallest absolute Gasteiger partial charge is 0.329 e. The molecule has 0 saturated heterocycles. The van der Waals surface area contributed by atoms with Crippen molar-refractivity contribution in [2.24, 2.45) is 0 Å². The molecule has 0 aliphatic heterocycles. The third-order valence-corrected chi connectivity index (χ3v) is 4.65. The third kappa shape index (κ3) is 4.78.